The molecule has 2 aromatic carbocycles. The van der Waals surface area contributed by atoms with E-state index in [1.54, 1.807) is 60.7 Å². The van der Waals surface area contributed by atoms with Crippen LogP contribution in [-0.2, 0) is 0 Å². The van der Waals surface area contributed by atoms with Crippen molar-refractivity contribution in [2.24, 2.45) is 13.5 Å². The Balaban J connectivity index is 2.21. The smallest absolute Gasteiger partial charge is 0.161 e. The van der Waals surface area contributed by atoms with Gasteiger partial charge >= 0.3 is 15.7 Å². The van der Waals surface area contributed by atoms with Crippen LogP contribution in [0, 0.1) is 23.2 Å². The lowest BCUT2D eigenvalue weighted by Crippen LogP contribution is -1.79. The van der Waals surface area contributed by atoms with Gasteiger partial charge in [-0.3, -0.25) is 0 Å². The van der Waals surface area contributed by atoms with Crippen molar-refractivity contribution in [3.8, 4) is 23.2 Å². The summed E-state index contributed by atoms with van der Waals surface area (Å²) < 4.78 is 63.9. The fraction of sp³-hybridized carbons (Fsp3) is 0. The average Bonchev–Trinajstić information content (AvgIpc) is 2.58. The van der Waals surface area contributed by atoms with Crippen LogP contribution in [0.2, 0.25) is 0 Å². The number of benzene rings is 2. The minimum atomic E-state index is -5.52. The highest BCUT2D eigenvalue weighted by Crippen LogP contribution is 2.80. The van der Waals surface area contributed by atoms with Gasteiger partial charge in [-0.05, 0) is 35.6 Å². The van der Waals surface area contributed by atoms with Crippen molar-refractivity contribution < 1.29 is 16.8 Å². The van der Waals surface area contributed by atoms with Crippen molar-refractivity contribution in [1.29, 1.82) is 0 Å². The highest BCUT2D eigenvalue weighted by Gasteiger charge is 2.37. The summed E-state index contributed by atoms with van der Waals surface area (Å²) in [5, 5.41) is 0. The zero-order chi connectivity index (χ0) is 18.7. The highest BCUT2D eigenvalue weighted by molar-refractivity contribution is 7.86. The minimum absolute atomic E-state index is 0.476. The average molecular weight is 413 g/mol. The van der Waals surface area contributed by atoms with E-state index >= 15 is 0 Å². The standard InChI is InChI=1S/C16H10F4N3P3/c17-25(18)21-24(22-26(19,20)23-25,13-11-15-7-3-1-4-8-15)14-12-16-9-5-2-6-10-16/h1-10H. The lowest BCUT2D eigenvalue weighted by Gasteiger charge is -2.14. The maximum absolute atomic E-state index is 13.8. The molecule has 0 spiro atoms. The van der Waals surface area contributed by atoms with Gasteiger partial charge in [0.2, 0.25) is 7.21 Å². The molecule has 26 heavy (non-hydrogen) atoms. The molecule has 0 fully saturated rings. The van der Waals surface area contributed by atoms with Crippen LogP contribution >= 0.6 is 22.9 Å². The molecule has 132 valence electrons. The first-order valence-corrected chi connectivity index (χ1v) is 11.8. The molecule has 1 aliphatic rings. The molecule has 0 atom stereocenters. The molecule has 0 aliphatic carbocycles. The van der Waals surface area contributed by atoms with Crippen LogP contribution in [0.1, 0.15) is 11.1 Å². The van der Waals surface area contributed by atoms with Gasteiger partial charge in [0.1, 0.15) is 0 Å². The van der Waals surface area contributed by atoms with Gasteiger partial charge < -0.3 is 0 Å². The van der Waals surface area contributed by atoms with Gasteiger partial charge in [-0.25, -0.2) is 0 Å². The molecular formula is C16H10F4N3P3. The molecule has 1 heterocycles. The Bertz CT molecular complexity index is 1040. The second-order valence-electron chi connectivity index (χ2n) is 4.99. The lowest BCUT2D eigenvalue weighted by atomic mass is 10.2. The van der Waals surface area contributed by atoms with Gasteiger partial charge in [-0.2, -0.15) is 9.03 Å². The second kappa shape index (κ2) is 7.30. The fourth-order valence-corrected chi connectivity index (χ4v) is 8.20. The maximum Gasteiger partial charge on any atom is 0.422 e. The number of hydrogen-bond acceptors (Lipinski definition) is 3. The zero-order valence-electron chi connectivity index (χ0n) is 13.0. The van der Waals surface area contributed by atoms with E-state index in [1.165, 1.54) is 0 Å². The van der Waals surface area contributed by atoms with E-state index in [2.05, 4.69) is 36.7 Å². The van der Waals surface area contributed by atoms with Crippen LogP contribution in [-0.4, -0.2) is 0 Å². The zero-order valence-corrected chi connectivity index (χ0v) is 15.7. The fourth-order valence-electron chi connectivity index (χ4n) is 1.94. The third-order valence-electron chi connectivity index (χ3n) is 2.95. The highest BCUT2D eigenvalue weighted by atomic mass is 31.3. The first kappa shape index (κ1) is 18.8. The van der Waals surface area contributed by atoms with E-state index in [-0.39, 0.29) is 0 Å². The Hall–Kier alpha value is -2.03. The summed E-state index contributed by atoms with van der Waals surface area (Å²) in [7, 11) is -15.0. The Kier molecular flexibility index (Phi) is 5.27. The number of hydrogen-bond donors (Lipinski definition) is 0. The summed E-state index contributed by atoms with van der Waals surface area (Å²) in [6.07, 6.45) is 0. The van der Waals surface area contributed by atoms with Gasteiger partial charge in [0.25, 0.3) is 0 Å². The second-order valence-corrected chi connectivity index (χ2v) is 10.6. The Morgan fingerprint density at radius 2 is 1.00 bits per heavy atom. The molecule has 1 aliphatic heterocycles. The van der Waals surface area contributed by atoms with Gasteiger partial charge in [0.05, 0.1) is 0 Å². The molecule has 0 N–H and O–H groups in total. The van der Waals surface area contributed by atoms with Crippen molar-refractivity contribution in [3.63, 3.8) is 0 Å². The van der Waals surface area contributed by atoms with Crippen LogP contribution < -0.4 is 0 Å². The van der Waals surface area contributed by atoms with Gasteiger partial charge in [0.15, 0.2) is 0 Å². The first-order chi connectivity index (χ1) is 12.3. The predicted octanol–water partition coefficient (Wildman–Crippen LogP) is 7.91. The molecule has 0 radical (unpaired) electrons. The van der Waals surface area contributed by atoms with Crippen LogP contribution in [0.3, 0.4) is 0 Å². The molecule has 0 amide bonds. The lowest BCUT2D eigenvalue weighted by molar-refractivity contribution is 0.701. The first-order valence-electron chi connectivity index (χ1n) is 7.14. The molecule has 2 aromatic rings. The SMILES string of the molecule is FP1(F)=NP(F)(F)=NP(C#Cc2ccccc2)(C#Cc2ccccc2)=N1. The van der Waals surface area contributed by atoms with E-state index in [4.69, 9.17) is 0 Å². The summed E-state index contributed by atoms with van der Waals surface area (Å²) in [4.78, 5) is 0. The number of rotatable bonds is 0. The van der Waals surface area contributed by atoms with E-state index in [0.29, 0.717) is 11.1 Å². The molecular weight excluding hydrogens is 403 g/mol. The van der Waals surface area contributed by atoms with Crippen molar-refractivity contribution in [1.82, 2.24) is 0 Å². The molecule has 10 heteroatoms. The summed E-state index contributed by atoms with van der Waals surface area (Å²) >= 11 is 0. The van der Waals surface area contributed by atoms with Crippen LogP contribution in [0.25, 0.3) is 0 Å². The quantitative estimate of drug-likeness (QED) is 0.239. The Morgan fingerprint density at radius 1 is 0.577 bits per heavy atom. The molecule has 0 aromatic heterocycles. The summed E-state index contributed by atoms with van der Waals surface area (Å²) in [5.41, 5.74) is 5.80. The normalized spacial score (nSPS) is 18.5. The van der Waals surface area contributed by atoms with E-state index < -0.39 is 22.9 Å². The van der Waals surface area contributed by atoms with Gasteiger partial charge in [-0.15, -0.1) is 21.3 Å². The van der Waals surface area contributed by atoms with Gasteiger partial charge in [0, 0.05) is 11.1 Å². The van der Waals surface area contributed by atoms with Crippen molar-refractivity contribution in [2.45, 2.75) is 0 Å². The topological polar surface area (TPSA) is 37.1 Å². The Morgan fingerprint density at radius 3 is 1.42 bits per heavy atom. The largest absolute Gasteiger partial charge is 0.422 e. The number of nitrogens with zero attached hydrogens (tertiary/aromatic N) is 3. The summed E-state index contributed by atoms with van der Waals surface area (Å²) in [6.45, 7) is 0. The number of halogens is 4. The molecule has 0 saturated carbocycles. The molecule has 0 unspecified atom stereocenters. The van der Waals surface area contributed by atoms with Crippen molar-refractivity contribution in [2.75, 3.05) is 0 Å². The monoisotopic (exact) mass is 413 g/mol. The van der Waals surface area contributed by atoms with Crippen LogP contribution in [0.15, 0.2) is 74.2 Å². The predicted molar refractivity (Wildman–Crippen MR) is 99.1 cm³/mol. The summed E-state index contributed by atoms with van der Waals surface area (Å²) in [5.74, 6) is 5.21. The van der Waals surface area contributed by atoms with Crippen molar-refractivity contribution >= 4 is 22.9 Å². The third kappa shape index (κ3) is 5.00. The molecule has 0 bridgehead atoms. The summed E-state index contributed by atoms with van der Waals surface area (Å²) in [6, 6.07) is 16.8. The van der Waals surface area contributed by atoms with E-state index in [9.17, 15) is 16.8 Å². The molecule has 3 nitrogen and oxygen atoms in total. The van der Waals surface area contributed by atoms with E-state index in [0.717, 1.165) is 0 Å². The van der Waals surface area contributed by atoms with Crippen LogP contribution in [0.4, 0.5) is 16.8 Å². The Labute approximate surface area is 148 Å². The van der Waals surface area contributed by atoms with Gasteiger partial charge in [-0.1, -0.05) is 48.2 Å². The third-order valence-corrected chi connectivity index (χ3v) is 9.31. The van der Waals surface area contributed by atoms with Crippen LogP contribution in [0.5, 0.6) is 0 Å². The molecule has 0 saturated heterocycles. The minimum Gasteiger partial charge on any atom is -0.161 e. The maximum atomic E-state index is 13.8. The molecule has 3 rings (SSSR count). The van der Waals surface area contributed by atoms with Crippen molar-refractivity contribution in [3.05, 3.63) is 71.8 Å². The van der Waals surface area contributed by atoms with E-state index in [1.807, 2.05) is 0 Å².